The van der Waals surface area contributed by atoms with Gasteiger partial charge in [0.05, 0.1) is 6.61 Å². The largest absolute Gasteiger partial charge is 0.395 e. The fourth-order valence-corrected chi connectivity index (χ4v) is 2.47. The van der Waals surface area contributed by atoms with Gasteiger partial charge in [0.2, 0.25) is 0 Å². The zero-order valence-corrected chi connectivity index (χ0v) is 10.8. The number of aliphatic hydroxyl groups excluding tert-OH is 1. The molecule has 0 unspecified atom stereocenters. The molecule has 16 heavy (non-hydrogen) atoms. The Hall–Kier alpha value is -0.710. The molecular weight excluding hydrogens is 220 g/mol. The first kappa shape index (κ1) is 13.4. The molecule has 0 amide bonds. The average Bonchev–Trinajstić information content (AvgIpc) is 2.34. The van der Waals surface area contributed by atoms with E-state index in [4.69, 9.17) is 10.8 Å². The highest BCUT2D eigenvalue weighted by Gasteiger charge is 2.11. The molecule has 0 radical (unpaired) electrons. The molecule has 0 atom stereocenters. The summed E-state index contributed by atoms with van der Waals surface area (Å²) in [5, 5.41) is 9.04. The Morgan fingerprint density at radius 1 is 1.44 bits per heavy atom. The Morgan fingerprint density at radius 3 is 2.69 bits per heavy atom. The van der Waals surface area contributed by atoms with Crippen LogP contribution in [0.2, 0.25) is 0 Å². The molecule has 1 aromatic rings. The van der Waals surface area contributed by atoms with Gasteiger partial charge in [0.1, 0.15) is 0 Å². The second-order valence-corrected chi connectivity index (χ2v) is 4.31. The lowest BCUT2D eigenvalue weighted by Gasteiger charge is -2.25. The number of likely N-dealkylation sites (N-methyl/N-ethyl adjacent to an activating group) is 1. The van der Waals surface area contributed by atoms with Crippen LogP contribution < -0.4 is 10.6 Å². The highest BCUT2D eigenvalue weighted by molar-refractivity contribution is 7.98. The van der Waals surface area contributed by atoms with Crippen molar-refractivity contribution in [2.45, 2.75) is 18.4 Å². The lowest BCUT2D eigenvalue weighted by molar-refractivity contribution is 0.302. The molecule has 4 heteroatoms. The van der Waals surface area contributed by atoms with E-state index in [2.05, 4.69) is 30.2 Å². The summed E-state index contributed by atoms with van der Waals surface area (Å²) in [4.78, 5) is 3.37. The second-order valence-electron chi connectivity index (χ2n) is 3.47. The van der Waals surface area contributed by atoms with E-state index < -0.39 is 0 Å². The van der Waals surface area contributed by atoms with Crippen LogP contribution in [-0.4, -0.2) is 31.1 Å². The molecule has 0 saturated heterocycles. The van der Waals surface area contributed by atoms with Crippen molar-refractivity contribution < 1.29 is 5.11 Å². The van der Waals surface area contributed by atoms with Crippen LogP contribution in [0.25, 0.3) is 0 Å². The number of nitrogens with two attached hydrogens (primary N) is 1. The number of hydrogen-bond donors (Lipinski definition) is 2. The third-order valence-corrected chi connectivity index (χ3v) is 3.45. The van der Waals surface area contributed by atoms with Crippen LogP contribution in [0.3, 0.4) is 0 Å². The third-order valence-electron chi connectivity index (χ3n) is 2.62. The number of benzene rings is 1. The molecule has 3 N–H and O–H groups in total. The molecule has 0 aromatic heterocycles. The van der Waals surface area contributed by atoms with Crippen molar-refractivity contribution in [3.05, 3.63) is 23.8 Å². The molecule has 0 heterocycles. The quantitative estimate of drug-likeness (QED) is 0.743. The predicted octanol–water partition coefficient (Wildman–Crippen LogP) is 1.69. The van der Waals surface area contributed by atoms with Gasteiger partial charge in [-0.25, -0.2) is 0 Å². The third kappa shape index (κ3) is 2.90. The maximum Gasteiger partial charge on any atom is 0.0606 e. The van der Waals surface area contributed by atoms with Gasteiger partial charge in [0, 0.05) is 35.8 Å². The first-order valence-corrected chi connectivity index (χ1v) is 6.72. The molecule has 0 spiro atoms. The van der Waals surface area contributed by atoms with Crippen molar-refractivity contribution in [2.24, 2.45) is 5.73 Å². The van der Waals surface area contributed by atoms with Gasteiger partial charge in [-0.3, -0.25) is 0 Å². The van der Waals surface area contributed by atoms with Gasteiger partial charge in [-0.05, 0) is 25.3 Å². The summed E-state index contributed by atoms with van der Waals surface area (Å²) in [7, 11) is 0. The lowest BCUT2D eigenvalue weighted by Crippen LogP contribution is -2.27. The molecule has 0 bridgehead atoms. The average molecular weight is 240 g/mol. The van der Waals surface area contributed by atoms with Gasteiger partial charge in [-0.1, -0.05) is 6.07 Å². The number of thioether (sulfide) groups is 1. The summed E-state index contributed by atoms with van der Waals surface area (Å²) in [6.07, 6.45) is 2.06. The van der Waals surface area contributed by atoms with Crippen molar-refractivity contribution in [3.8, 4) is 0 Å². The van der Waals surface area contributed by atoms with Crippen LogP contribution in [0.5, 0.6) is 0 Å². The van der Waals surface area contributed by atoms with Gasteiger partial charge in [-0.2, -0.15) is 0 Å². The van der Waals surface area contributed by atoms with Gasteiger partial charge >= 0.3 is 0 Å². The van der Waals surface area contributed by atoms with Crippen molar-refractivity contribution in [1.82, 2.24) is 0 Å². The second kappa shape index (κ2) is 6.78. The fraction of sp³-hybridized carbons (Fsp3) is 0.500. The molecule has 0 aliphatic carbocycles. The Balaban J connectivity index is 3.09. The lowest BCUT2D eigenvalue weighted by atomic mass is 10.1. The summed E-state index contributed by atoms with van der Waals surface area (Å²) in [6.45, 7) is 4.32. The van der Waals surface area contributed by atoms with Crippen LogP contribution in [-0.2, 0) is 6.54 Å². The summed E-state index contributed by atoms with van der Waals surface area (Å²) >= 11 is 1.71. The molecule has 0 saturated carbocycles. The first-order valence-electron chi connectivity index (χ1n) is 5.50. The highest BCUT2D eigenvalue weighted by Crippen LogP contribution is 2.29. The zero-order chi connectivity index (χ0) is 12.0. The minimum absolute atomic E-state index is 0.168. The monoisotopic (exact) mass is 240 g/mol. The van der Waals surface area contributed by atoms with E-state index in [1.54, 1.807) is 11.8 Å². The van der Waals surface area contributed by atoms with Gasteiger partial charge in [-0.15, -0.1) is 11.8 Å². The van der Waals surface area contributed by atoms with Crippen LogP contribution in [0.15, 0.2) is 23.1 Å². The van der Waals surface area contributed by atoms with Crippen LogP contribution >= 0.6 is 11.8 Å². The normalized spacial score (nSPS) is 10.5. The number of aliphatic hydroxyl groups is 1. The molecule has 0 fully saturated rings. The van der Waals surface area contributed by atoms with E-state index in [1.807, 2.05) is 6.07 Å². The first-order chi connectivity index (χ1) is 7.78. The van der Waals surface area contributed by atoms with Gasteiger partial charge in [0.25, 0.3) is 0 Å². The van der Waals surface area contributed by atoms with Gasteiger partial charge in [0.15, 0.2) is 0 Å². The topological polar surface area (TPSA) is 49.5 Å². The Bertz CT molecular complexity index is 331. The van der Waals surface area contributed by atoms with Crippen LogP contribution in [0.4, 0.5) is 5.69 Å². The van der Waals surface area contributed by atoms with Crippen molar-refractivity contribution in [3.63, 3.8) is 0 Å². The van der Waals surface area contributed by atoms with E-state index in [9.17, 15) is 0 Å². The van der Waals surface area contributed by atoms with E-state index in [0.717, 1.165) is 12.2 Å². The molecular formula is C12H20N2OS. The van der Waals surface area contributed by atoms with Crippen molar-refractivity contribution in [1.29, 1.82) is 0 Å². The summed E-state index contributed by atoms with van der Waals surface area (Å²) in [5.74, 6) is 0. The van der Waals surface area contributed by atoms with Gasteiger partial charge < -0.3 is 15.7 Å². The van der Waals surface area contributed by atoms with E-state index in [-0.39, 0.29) is 6.61 Å². The van der Waals surface area contributed by atoms with Crippen LogP contribution in [0.1, 0.15) is 12.5 Å². The highest BCUT2D eigenvalue weighted by atomic mass is 32.2. The maximum atomic E-state index is 9.04. The number of anilines is 1. The fourth-order valence-electron chi connectivity index (χ4n) is 1.82. The SMILES string of the molecule is CCN(CCO)c1cccc(SC)c1CN. The maximum absolute atomic E-state index is 9.04. The number of hydrogen-bond acceptors (Lipinski definition) is 4. The summed E-state index contributed by atoms with van der Waals surface area (Å²) < 4.78 is 0. The van der Waals surface area contributed by atoms with E-state index >= 15 is 0 Å². The Morgan fingerprint density at radius 2 is 2.19 bits per heavy atom. The summed E-state index contributed by atoms with van der Waals surface area (Å²) in [5.41, 5.74) is 8.13. The Kier molecular flexibility index (Phi) is 5.66. The molecule has 1 rings (SSSR count). The molecule has 0 aliphatic heterocycles. The number of rotatable bonds is 6. The Labute approximate surface area is 102 Å². The molecule has 3 nitrogen and oxygen atoms in total. The smallest absolute Gasteiger partial charge is 0.0606 e. The zero-order valence-electron chi connectivity index (χ0n) is 9.94. The summed E-state index contributed by atoms with van der Waals surface area (Å²) in [6, 6.07) is 6.20. The standard InChI is InChI=1S/C12H20N2OS/c1-3-14(7-8-15)11-5-4-6-12(16-2)10(11)9-13/h4-6,15H,3,7-9,13H2,1-2H3. The number of nitrogens with zero attached hydrogens (tertiary/aromatic N) is 1. The molecule has 0 aliphatic rings. The van der Waals surface area contributed by atoms with E-state index in [1.165, 1.54) is 10.5 Å². The van der Waals surface area contributed by atoms with Crippen molar-refractivity contribution in [2.75, 3.05) is 30.9 Å². The van der Waals surface area contributed by atoms with E-state index in [0.29, 0.717) is 13.1 Å². The minimum atomic E-state index is 0.168. The molecule has 1 aromatic carbocycles. The predicted molar refractivity (Wildman–Crippen MR) is 71.1 cm³/mol. The van der Waals surface area contributed by atoms with Crippen molar-refractivity contribution >= 4 is 17.4 Å². The molecule has 90 valence electrons. The minimum Gasteiger partial charge on any atom is -0.395 e. The van der Waals surface area contributed by atoms with Crippen LogP contribution in [0, 0.1) is 0 Å².